The molecular formula is C18H23FINO2. The number of esters is 1. The fourth-order valence-electron chi connectivity index (χ4n) is 4.41. The zero-order chi connectivity index (χ0) is 16.4. The van der Waals surface area contributed by atoms with E-state index < -0.39 is 0 Å². The Morgan fingerprint density at radius 1 is 1.35 bits per heavy atom. The highest BCUT2D eigenvalue weighted by atomic mass is 127. The zero-order valence-electron chi connectivity index (χ0n) is 13.4. The predicted molar refractivity (Wildman–Crippen MR) is 96.1 cm³/mol. The van der Waals surface area contributed by atoms with Gasteiger partial charge in [-0.25, -0.2) is 0 Å². The maximum Gasteiger partial charge on any atom is 0.310 e. The van der Waals surface area contributed by atoms with Crippen LogP contribution >= 0.6 is 22.6 Å². The van der Waals surface area contributed by atoms with E-state index in [4.69, 9.17) is 4.74 Å². The van der Waals surface area contributed by atoms with Gasteiger partial charge in [0, 0.05) is 28.1 Å². The number of fused-ring (bicyclic) bond motifs is 2. The topological polar surface area (TPSA) is 29.5 Å². The van der Waals surface area contributed by atoms with Crippen LogP contribution in [-0.4, -0.2) is 43.3 Å². The average Bonchev–Trinajstić information content (AvgIpc) is 2.84. The summed E-state index contributed by atoms with van der Waals surface area (Å²) in [4.78, 5) is 14.9. The molecule has 3 nitrogen and oxygen atoms in total. The summed E-state index contributed by atoms with van der Waals surface area (Å²) in [6.45, 7) is 0.456. The third kappa shape index (κ3) is 3.40. The van der Waals surface area contributed by atoms with Crippen LogP contribution in [0.3, 0.4) is 0 Å². The molecule has 3 unspecified atom stereocenters. The van der Waals surface area contributed by atoms with Gasteiger partial charge < -0.3 is 4.74 Å². The van der Waals surface area contributed by atoms with Crippen molar-refractivity contribution in [3.05, 3.63) is 33.4 Å². The molecule has 0 aliphatic carbocycles. The molecule has 126 valence electrons. The van der Waals surface area contributed by atoms with Crippen molar-refractivity contribution in [1.82, 2.24) is 4.90 Å². The number of methoxy groups -OCH3 is 1. The third-order valence-electron chi connectivity index (χ3n) is 5.39. The number of hydrogen-bond acceptors (Lipinski definition) is 3. The Kier molecular flexibility index (Phi) is 5.57. The van der Waals surface area contributed by atoms with Gasteiger partial charge >= 0.3 is 5.97 Å². The predicted octanol–water partition coefficient (Wildman–Crippen LogP) is 3.76. The second-order valence-electron chi connectivity index (χ2n) is 6.52. The highest BCUT2D eigenvalue weighted by Crippen LogP contribution is 2.47. The normalized spacial score (nSPS) is 30.4. The van der Waals surface area contributed by atoms with Crippen molar-refractivity contribution in [1.29, 1.82) is 0 Å². The number of carbonyl (C=O) groups is 1. The van der Waals surface area contributed by atoms with E-state index in [0.717, 1.165) is 25.8 Å². The summed E-state index contributed by atoms with van der Waals surface area (Å²) in [5.74, 6) is -0.0545. The molecule has 0 spiro atoms. The molecule has 2 saturated heterocycles. The first-order valence-electron chi connectivity index (χ1n) is 8.30. The van der Waals surface area contributed by atoms with E-state index in [1.54, 1.807) is 0 Å². The summed E-state index contributed by atoms with van der Waals surface area (Å²) in [5.41, 5.74) is 1.22. The van der Waals surface area contributed by atoms with Gasteiger partial charge in [-0.3, -0.25) is 14.1 Å². The number of nitrogens with zero attached hydrogens (tertiary/aromatic N) is 1. The highest BCUT2D eigenvalue weighted by molar-refractivity contribution is 14.1. The van der Waals surface area contributed by atoms with E-state index in [9.17, 15) is 9.18 Å². The number of ether oxygens (including phenoxy) is 1. The van der Waals surface area contributed by atoms with Crippen LogP contribution in [0.1, 0.15) is 37.2 Å². The Hall–Kier alpha value is -0.690. The Labute approximate surface area is 150 Å². The number of hydrogen-bond donors (Lipinski definition) is 0. The quantitative estimate of drug-likeness (QED) is 0.526. The van der Waals surface area contributed by atoms with Crippen LogP contribution in [0.15, 0.2) is 24.3 Å². The van der Waals surface area contributed by atoms with Gasteiger partial charge in [0.05, 0.1) is 19.7 Å². The van der Waals surface area contributed by atoms with E-state index in [2.05, 4.69) is 51.8 Å². The van der Waals surface area contributed by atoms with E-state index in [0.29, 0.717) is 12.5 Å². The maximum atomic E-state index is 12.6. The lowest BCUT2D eigenvalue weighted by atomic mass is 9.76. The van der Waals surface area contributed by atoms with Crippen molar-refractivity contribution in [3.63, 3.8) is 0 Å². The first-order chi connectivity index (χ1) is 11.2. The lowest BCUT2D eigenvalue weighted by molar-refractivity contribution is -0.150. The van der Waals surface area contributed by atoms with Crippen molar-refractivity contribution in [3.8, 4) is 0 Å². The van der Waals surface area contributed by atoms with Gasteiger partial charge in [-0.2, -0.15) is 0 Å². The van der Waals surface area contributed by atoms with Crippen LogP contribution in [0.4, 0.5) is 4.39 Å². The molecule has 0 radical (unpaired) electrons. The molecular weight excluding hydrogens is 408 g/mol. The summed E-state index contributed by atoms with van der Waals surface area (Å²) in [7, 11) is 1.47. The lowest BCUT2D eigenvalue weighted by Crippen LogP contribution is -2.51. The van der Waals surface area contributed by atoms with Gasteiger partial charge in [0.2, 0.25) is 0 Å². The molecule has 3 rings (SSSR count). The number of carbonyl (C=O) groups excluding carboxylic acids is 1. The Morgan fingerprint density at radius 3 is 2.74 bits per heavy atom. The van der Waals surface area contributed by atoms with Gasteiger partial charge in [-0.15, -0.1) is 0 Å². The molecule has 2 fully saturated rings. The maximum absolute atomic E-state index is 12.6. The number of rotatable bonds is 5. The monoisotopic (exact) mass is 431 g/mol. The van der Waals surface area contributed by atoms with E-state index >= 15 is 0 Å². The van der Waals surface area contributed by atoms with Crippen LogP contribution in [0.5, 0.6) is 0 Å². The highest BCUT2D eigenvalue weighted by Gasteiger charge is 2.50. The molecule has 0 amide bonds. The number of alkyl halides is 1. The van der Waals surface area contributed by atoms with Crippen molar-refractivity contribution in [2.24, 2.45) is 5.92 Å². The average molecular weight is 431 g/mol. The van der Waals surface area contributed by atoms with Crippen molar-refractivity contribution in [2.75, 3.05) is 20.3 Å². The first-order valence-corrected chi connectivity index (χ1v) is 9.38. The summed E-state index contributed by atoms with van der Waals surface area (Å²) in [6, 6.07) is 9.13. The molecule has 1 aromatic carbocycles. The SMILES string of the molecule is COC(=O)C1C(c2ccc(I)cc2)CC2CC[C@H]1N2CCCF. The van der Waals surface area contributed by atoms with E-state index in [-0.39, 0.29) is 30.5 Å². The van der Waals surface area contributed by atoms with Crippen LogP contribution < -0.4 is 0 Å². The fourth-order valence-corrected chi connectivity index (χ4v) is 4.77. The largest absolute Gasteiger partial charge is 0.469 e. The molecule has 0 aromatic heterocycles. The van der Waals surface area contributed by atoms with Gasteiger partial charge in [0.15, 0.2) is 0 Å². The van der Waals surface area contributed by atoms with E-state index in [1.807, 2.05) is 0 Å². The number of benzene rings is 1. The molecule has 2 aliphatic rings. The summed E-state index contributed by atoms with van der Waals surface area (Å²) < 4.78 is 18.9. The molecule has 4 atom stereocenters. The molecule has 0 N–H and O–H groups in total. The van der Waals surface area contributed by atoms with Crippen molar-refractivity contribution in [2.45, 2.75) is 43.7 Å². The number of piperidine rings is 1. The minimum Gasteiger partial charge on any atom is -0.469 e. The molecule has 5 heteroatoms. The second kappa shape index (κ2) is 7.47. The Balaban J connectivity index is 1.88. The summed E-state index contributed by atoms with van der Waals surface area (Å²) in [5, 5.41) is 0. The summed E-state index contributed by atoms with van der Waals surface area (Å²) >= 11 is 2.30. The number of halogens is 2. The zero-order valence-corrected chi connectivity index (χ0v) is 15.5. The van der Waals surface area contributed by atoms with E-state index in [1.165, 1.54) is 16.2 Å². The summed E-state index contributed by atoms with van der Waals surface area (Å²) in [6.07, 6.45) is 3.63. The van der Waals surface area contributed by atoms with Crippen LogP contribution in [0, 0.1) is 9.49 Å². The Bertz CT molecular complexity index is 550. The van der Waals surface area contributed by atoms with Gasteiger partial charge in [-0.1, -0.05) is 12.1 Å². The molecule has 2 bridgehead atoms. The molecule has 2 heterocycles. The van der Waals surface area contributed by atoms with Gasteiger partial charge in [-0.05, 0) is 66.0 Å². The van der Waals surface area contributed by atoms with Gasteiger partial charge in [0.1, 0.15) is 0 Å². The lowest BCUT2D eigenvalue weighted by Gasteiger charge is -2.43. The first kappa shape index (κ1) is 17.1. The minimum atomic E-state index is -0.292. The third-order valence-corrected chi connectivity index (χ3v) is 6.11. The molecule has 23 heavy (non-hydrogen) atoms. The minimum absolute atomic E-state index is 0.121. The standard InChI is InChI=1S/C18H23FINO2/c1-23-18(22)17-15(12-3-5-13(20)6-4-12)11-14-7-8-16(17)21(14)10-2-9-19/h3-6,14-17H,2,7-11H2,1H3/t14?,15?,16-,17?/m1/s1. The van der Waals surface area contributed by atoms with Crippen LogP contribution in [0.25, 0.3) is 0 Å². The van der Waals surface area contributed by atoms with Crippen LogP contribution in [-0.2, 0) is 9.53 Å². The molecule has 0 saturated carbocycles. The van der Waals surface area contributed by atoms with Crippen LogP contribution in [0.2, 0.25) is 0 Å². The fraction of sp³-hybridized carbons (Fsp3) is 0.611. The van der Waals surface area contributed by atoms with Crippen molar-refractivity contribution < 1.29 is 13.9 Å². The van der Waals surface area contributed by atoms with Gasteiger partial charge in [0.25, 0.3) is 0 Å². The van der Waals surface area contributed by atoms with Crippen molar-refractivity contribution >= 4 is 28.6 Å². The molecule has 2 aliphatic heterocycles. The smallest absolute Gasteiger partial charge is 0.310 e. The second-order valence-corrected chi connectivity index (χ2v) is 7.77. The Morgan fingerprint density at radius 2 is 2.09 bits per heavy atom. The molecule has 1 aromatic rings.